The third kappa shape index (κ3) is 1.78. The Bertz CT molecular complexity index is 462. The highest BCUT2D eigenvalue weighted by molar-refractivity contribution is 14.1. The van der Waals surface area contributed by atoms with E-state index in [9.17, 15) is 3.07 Å². The van der Waals surface area contributed by atoms with Crippen molar-refractivity contribution in [2.75, 3.05) is 4.43 Å². The minimum absolute atomic E-state index is 0.440. The molecule has 114 valence electrons. The number of rotatable bonds is 3. The monoisotopic (exact) mass is 388 g/mol. The normalized spacial score (nSPS) is 42.1. The largest absolute Gasteiger partial charge is 0.270 e. The second-order valence-corrected chi connectivity index (χ2v) is 10.3. The van der Waals surface area contributed by atoms with E-state index in [1.807, 2.05) is 0 Å². The molecule has 2 bridgehead atoms. The van der Waals surface area contributed by atoms with Crippen molar-refractivity contribution in [1.29, 1.82) is 0 Å². The van der Waals surface area contributed by atoms with Crippen LogP contribution in [0.4, 0.5) is 0 Å². The Morgan fingerprint density at radius 1 is 1.35 bits per heavy atom. The van der Waals surface area contributed by atoms with E-state index in [0.717, 1.165) is 16.3 Å². The first-order chi connectivity index (χ1) is 9.26. The highest BCUT2D eigenvalue weighted by atomic mass is 127. The Labute approximate surface area is 134 Å². The lowest BCUT2D eigenvalue weighted by molar-refractivity contribution is -0.0193. The zero-order valence-electron chi connectivity index (χ0n) is 13.6. The summed E-state index contributed by atoms with van der Waals surface area (Å²) in [5.41, 5.74) is 3.08. The second kappa shape index (κ2) is 4.63. The van der Waals surface area contributed by atoms with Gasteiger partial charge in [-0.3, -0.25) is 3.07 Å². The molecule has 20 heavy (non-hydrogen) atoms. The van der Waals surface area contributed by atoms with Crippen molar-refractivity contribution in [3.63, 3.8) is 0 Å². The van der Waals surface area contributed by atoms with E-state index in [1.54, 1.807) is 5.57 Å². The Morgan fingerprint density at radius 2 is 2.05 bits per heavy atom. The zero-order chi connectivity index (χ0) is 14.8. The third-order valence-electron chi connectivity index (χ3n) is 7.29. The molecule has 3 rings (SSSR count). The molecule has 3 aliphatic rings. The fraction of sp³-hybridized carbons (Fsp3) is 0.889. The number of halogens is 1. The van der Waals surface area contributed by atoms with Crippen LogP contribution in [0.2, 0.25) is 0 Å². The van der Waals surface area contributed by atoms with Gasteiger partial charge in [-0.15, -0.1) is 0 Å². The van der Waals surface area contributed by atoms with E-state index in [0.29, 0.717) is 22.2 Å². The van der Waals surface area contributed by atoms with E-state index in [-0.39, 0.29) is 0 Å². The van der Waals surface area contributed by atoms with Crippen LogP contribution in [-0.2, 0) is 3.07 Å². The van der Waals surface area contributed by atoms with Gasteiger partial charge in [0.25, 0.3) is 0 Å². The van der Waals surface area contributed by atoms with Gasteiger partial charge in [0.15, 0.2) is 0 Å². The molecule has 0 aromatic heterocycles. The lowest BCUT2D eigenvalue weighted by atomic mass is 9.48. The Kier molecular flexibility index (Phi) is 3.51. The van der Waals surface area contributed by atoms with E-state index in [2.05, 4.69) is 40.7 Å². The third-order valence-corrected chi connectivity index (χ3v) is 8.97. The lowest BCUT2D eigenvalue weighted by Gasteiger charge is -2.56. The Hall–Kier alpha value is 0.270. The molecule has 2 saturated carbocycles. The van der Waals surface area contributed by atoms with Crippen LogP contribution in [0.1, 0.15) is 60.3 Å². The van der Waals surface area contributed by atoms with Crippen molar-refractivity contribution in [3.8, 4) is 0 Å². The number of alkyl halides is 1. The maximum atomic E-state index is 11.2. The van der Waals surface area contributed by atoms with Crippen molar-refractivity contribution in [2.45, 2.75) is 60.3 Å². The summed E-state index contributed by atoms with van der Waals surface area (Å²) in [5.74, 6) is 2.18. The Balaban J connectivity index is 2.08. The van der Waals surface area contributed by atoms with Crippen molar-refractivity contribution in [1.82, 2.24) is 0 Å². The summed E-state index contributed by atoms with van der Waals surface area (Å²) in [4.78, 5) is 0. The van der Waals surface area contributed by atoms with Gasteiger partial charge in [0.2, 0.25) is 0 Å². The highest BCUT2D eigenvalue weighted by Crippen LogP contribution is 2.76. The molecule has 0 radical (unpaired) electrons. The second-order valence-electron chi connectivity index (χ2n) is 8.81. The molecule has 4 unspecified atom stereocenters. The smallest absolute Gasteiger partial charge is 0.144 e. The average molecular weight is 388 g/mol. The van der Waals surface area contributed by atoms with Crippen molar-refractivity contribution >= 4 is 21.2 Å². The topological polar surface area (TPSA) is 17.1 Å². The molecule has 2 fully saturated rings. The molecule has 0 saturated heterocycles. The summed E-state index contributed by atoms with van der Waals surface area (Å²) in [7, 11) is 0. The fourth-order valence-electron chi connectivity index (χ4n) is 6.04. The summed E-state index contributed by atoms with van der Waals surface area (Å²) >= 11 is -0.835. The van der Waals surface area contributed by atoms with Gasteiger partial charge in [0.05, 0.1) is 0 Å². The van der Waals surface area contributed by atoms with Crippen LogP contribution < -0.4 is 0 Å². The van der Waals surface area contributed by atoms with E-state index in [1.165, 1.54) is 25.7 Å². The SMILES string of the molecule is CC(CI=O)C1=CCC(C)(C)C23CCC(C2)C(C)(C)C13. The first-order valence-corrected chi connectivity index (χ1v) is 10.6. The molecular formula is C18H29IO. The van der Waals surface area contributed by atoms with Crippen LogP contribution >= 0.6 is 21.2 Å². The predicted molar refractivity (Wildman–Crippen MR) is 92.3 cm³/mol. The van der Waals surface area contributed by atoms with E-state index in [4.69, 9.17) is 0 Å². The minimum Gasteiger partial charge on any atom is -0.270 e. The quantitative estimate of drug-likeness (QED) is 0.342. The van der Waals surface area contributed by atoms with Gasteiger partial charge in [-0.05, 0) is 59.7 Å². The molecule has 0 aromatic carbocycles. The first kappa shape index (κ1) is 15.2. The molecule has 0 heterocycles. The fourth-order valence-corrected chi connectivity index (χ4v) is 7.09. The summed E-state index contributed by atoms with van der Waals surface area (Å²) in [5, 5.41) is 0. The number of fused-ring (bicyclic) bond motifs is 1. The highest BCUT2D eigenvalue weighted by Gasteiger charge is 2.68. The molecule has 3 aliphatic carbocycles. The molecular weight excluding hydrogens is 359 g/mol. The number of hydrogen-bond acceptors (Lipinski definition) is 1. The van der Waals surface area contributed by atoms with Crippen molar-refractivity contribution in [2.24, 2.45) is 34.0 Å². The Morgan fingerprint density at radius 3 is 2.70 bits per heavy atom. The van der Waals surface area contributed by atoms with Gasteiger partial charge < -0.3 is 0 Å². The molecule has 0 N–H and O–H groups in total. The van der Waals surface area contributed by atoms with Gasteiger partial charge >= 0.3 is 0 Å². The average Bonchev–Trinajstić information content (AvgIpc) is 2.87. The van der Waals surface area contributed by atoms with Gasteiger partial charge in [0.1, 0.15) is 21.2 Å². The van der Waals surface area contributed by atoms with Gasteiger partial charge in [0, 0.05) is 4.43 Å². The summed E-state index contributed by atoms with van der Waals surface area (Å²) in [6, 6.07) is 0. The van der Waals surface area contributed by atoms with Crippen LogP contribution in [0.3, 0.4) is 0 Å². The van der Waals surface area contributed by atoms with Gasteiger partial charge in [-0.25, -0.2) is 0 Å². The minimum atomic E-state index is -0.835. The van der Waals surface area contributed by atoms with Crippen LogP contribution in [0.5, 0.6) is 0 Å². The molecule has 0 aliphatic heterocycles. The molecule has 0 amide bonds. The van der Waals surface area contributed by atoms with Crippen molar-refractivity contribution < 1.29 is 3.07 Å². The predicted octanol–water partition coefficient (Wildman–Crippen LogP) is 5.74. The summed E-state index contributed by atoms with van der Waals surface area (Å²) in [6.07, 6.45) is 8.07. The maximum absolute atomic E-state index is 11.2. The summed E-state index contributed by atoms with van der Waals surface area (Å²) in [6.45, 7) is 12.3. The molecule has 0 aromatic rings. The van der Waals surface area contributed by atoms with Gasteiger partial charge in [-0.1, -0.05) is 46.3 Å². The van der Waals surface area contributed by atoms with E-state index < -0.39 is 21.2 Å². The maximum Gasteiger partial charge on any atom is 0.144 e. The van der Waals surface area contributed by atoms with Crippen LogP contribution in [0.25, 0.3) is 0 Å². The standard InChI is InChI=1S/C18H29IO/c1-12(11-19-20)14-7-8-16(2,3)18-9-6-13(10-18)17(4,5)15(14)18/h7,12-13,15H,6,8-11H2,1-5H3. The summed E-state index contributed by atoms with van der Waals surface area (Å²) < 4.78 is 12.1. The number of allylic oxidation sites excluding steroid dienone is 2. The number of hydrogen-bond donors (Lipinski definition) is 0. The molecule has 1 nitrogen and oxygen atoms in total. The molecule has 1 spiro atoms. The lowest BCUT2D eigenvalue weighted by Crippen LogP contribution is -2.49. The van der Waals surface area contributed by atoms with Crippen molar-refractivity contribution in [3.05, 3.63) is 11.6 Å². The zero-order valence-corrected chi connectivity index (χ0v) is 15.8. The van der Waals surface area contributed by atoms with Crippen LogP contribution in [-0.4, -0.2) is 4.43 Å². The van der Waals surface area contributed by atoms with Gasteiger partial charge in [-0.2, -0.15) is 0 Å². The molecule has 2 heteroatoms. The molecule has 4 atom stereocenters. The van der Waals surface area contributed by atoms with Crippen LogP contribution in [0, 0.1) is 34.0 Å². The van der Waals surface area contributed by atoms with E-state index >= 15 is 0 Å². The van der Waals surface area contributed by atoms with Crippen LogP contribution in [0.15, 0.2) is 11.6 Å². The first-order valence-electron chi connectivity index (χ1n) is 8.17.